The molecular formula is C16H21N3. The van der Waals surface area contributed by atoms with Crippen molar-refractivity contribution in [2.24, 2.45) is 5.92 Å². The van der Waals surface area contributed by atoms with E-state index in [1.807, 2.05) is 6.07 Å². The van der Waals surface area contributed by atoms with Gasteiger partial charge in [-0.3, -0.25) is 4.98 Å². The van der Waals surface area contributed by atoms with E-state index in [0.29, 0.717) is 0 Å². The predicted molar refractivity (Wildman–Crippen MR) is 81.4 cm³/mol. The highest BCUT2D eigenvalue weighted by molar-refractivity contribution is 5.97. The number of nitrogens with two attached hydrogens (primary N) is 1. The van der Waals surface area contributed by atoms with Crippen LogP contribution >= 0.6 is 0 Å². The molecule has 3 rings (SSSR count). The average molecular weight is 255 g/mol. The van der Waals surface area contributed by atoms with Crippen LogP contribution in [0, 0.1) is 5.92 Å². The molecule has 0 spiro atoms. The number of hydrogen-bond donors (Lipinski definition) is 1. The van der Waals surface area contributed by atoms with Gasteiger partial charge in [-0.25, -0.2) is 0 Å². The van der Waals surface area contributed by atoms with E-state index >= 15 is 0 Å². The third-order valence-electron chi connectivity index (χ3n) is 4.11. The molecule has 2 heterocycles. The van der Waals surface area contributed by atoms with Crippen molar-refractivity contribution in [1.82, 2.24) is 4.98 Å². The predicted octanol–water partition coefficient (Wildman–Crippen LogP) is 3.44. The molecule has 1 fully saturated rings. The first-order valence-electron chi connectivity index (χ1n) is 7.14. The average Bonchev–Trinajstić information content (AvgIpc) is 2.64. The number of fused-ring (bicyclic) bond motifs is 1. The van der Waals surface area contributed by atoms with Crippen LogP contribution in [-0.4, -0.2) is 18.1 Å². The van der Waals surface area contributed by atoms with E-state index in [-0.39, 0.29) is 0 Å². The van der Waals surface area contributed by atoms with E-state index in [9.17, 15) is 0 Å². The first kappa shape index (κ1) is 12.3. The zero-order valence-corrected chi connectivity index (χ0v) is 11.5. The van der Waals surface area contributed by atoms with Gasteiger partial charge in [0.1, 0.15) is 0 Å². The Morgan fingerprint density at radius 1 is 1.21 bits per heavy atom. The SMILES string of the molecule is CC1CCCN(c2c(N)cnc3ccccc23)CC1. The second-order valence-electron chi connectivity index (χ2n) is 5.60. The number of hydrogen-bond acceptors (Lipinski definition) is 3. The summed E-state index contributed by atoms with van der Waals surface area (Å²) in [5, 5.41) is 1.18. The smallest absolute Gasteiger partial charge is 0.0745 e. The van der Waals surface area contributed by atoms with E-state index in [4.69, 9.17) is 5.73 Å². The van der Waals surface area contributed by atoms with Crippen molar-refractivity contribution >= 4 is 22.3 Å². The summed E-state index contributed by atoms with van der Waals surface area (Å²) in [4.78, 5) is 6.87. The van der Waals surface area contributed by atoms with Crippen LogP contribution in [0.1, 0.15) is 26.2 Å². The minimum absolute atomic E-state index is 0.799. The fraction of sp³-hybridized carbons (Fsp3) is 0.438. The van der Waals surface area contributed by atoms with Crippen molar-refractivity contribution in [3.63, 3.8) is 0 Å². The van der Waals surface area contributed by atoms with Crippen molar-refractivity contribution in [2.45, 2.75) is 26.2 Å². The van der Waals surface area contributed by atoms with Crippen LogP contribution in [0.25, 0.3) is 10.9 Å². The highest BCUT2D eigenvalue weighted by Crippen LogP contribution is 2.33. The van der Waals surface area contributed by atoms with Gasteiger partial charge in [0.05, 0.1) is 23.1 Å². The largest absolute Gasteiger partial charge is 0.396 e. The number of nitrogens with zero attached hydrogens (tertiary/aromatic N) is 2. The fourth-order valence-electron chi connectivity index (χ4n) is 2.98. The minimum Gasteiger partial charge on any atom is -0.396 e. The van der Waals surface area contributed by atoms with E-state index in [2.05, 4.69) is 35.0 Å². The summed E-state index contributed by atoms with van der Waals surface area (Å²) in [6.45, 7) is 4.54. The number of nitrogen functional groups attached to an aromatic ring is 1. The summed E-state index contributed by atoms with van der Waals surface area (Å²) >= 11 is 0. The molecule has 1 aliphatic heterocycles. The molecule has 1 unspecified atom stereocenters. The number of pyridine rings is 1. The van der Waals surface area contributed by atoms with E-state index in [0.717, 1.165) is 30.2 Å². The quantitative estimate of drug-likeness (QED) is 0.848. The summed E-state index contributed by atoms with van der Waals surface area (Å²) in [5.74, 6) is 0.819. The van der Waals surface area contributed by atoms with Gasteiger partial charge in [-0.15, -0.1) is 0 Å². The lowest BCUT2D eigenvalue weighted by molar-refractivity contribution is 0.521. The third kappa shape index (κ3) is 2.37. The zero-order chi connectivity index (χ0) is 13.2. The Kier molecular flexibility index (Phi) is 3.28. The fourth-order valence-corrected chi connectivity index (χ4v) is 2.98. The van der Waals surface area contributed by atoms with Crippen LogP contribution in [-0.2, 0) is 0 Å². The molecule has 3 nitrogen and oxygen atoms in total. The number of anilines is 2. The topological polar surface area (TPSA) is 42.1 Å². The second kappa shape index (κ2) is 5.08. The van der Waals surface area contributed by atoms with Crippen LogP contribution < -0.4 is 10.6 Å². The summed E-state index contributed by atoms with van der Waals surface area (Å²) in [6.07, 6.45) is 5.61. The maximum absolute atomic E-state index is 6.20. The Labute approximate surface area is 114 Å². The molecule has 0 radical (unpaired) electrons. The van der Waals surface area contributed by atoms with Gasteiger partial charge in [-0.05, 0) is 31.2 Å². The van der Waals surface area contributed by atoms with Crippen LogP contribution in [0.15, 0.2) is 30.5 Å². The Bertz CT molecular complexity index is 579. The van der Waals surface area contributed by atoms with Gasteiger partial charge in [0.15, 0.2) is 0 Å². The molecule has 0 aliphatic carbocycles. The zero-order valence-electron chi connectivity index (χ0n) is 11.5. The molecule has 0 saturated carbocycles. The second-order valence-corrected chi connectivity index (χ2v) is 5.60. The maximum atomic E-state index is 6.20. The molecule has 0 amide bonds. The number of rotatable bonds is 1. The lowest BCUT2D eigenvalue weighted by Gasteiger charge is -2.25. The minimum atomic E-state index is 0.799. The van der Waals surface area contributed by atoms with Gasteiger partial charge in [0.2, 0.25) is 0 Å². The van der Waals surface area contributed by atoms with Crippen molar-refractivity contribution in [2.75, 3.05) is 23.7 Å². The molecule has 1 saturated heterocycles. The van der Waals surface area contributed by atoms with Gasteiger partial charge in [-0.1, -0.05) is 25.1 Å². The molecule has 1 aliphatic rings. The summed E-state index contributed by atoms with van der Waals surface area (Å²) < 4.78 is 0. The van der Waals surface area contributed by atoms with Gasteiger partial charge in [-0.2, -0.15) is 0 Å². The monoisotopic (exact) mass is 255 g/mol. The van der Waals surface area contributed by atoms with Crippen LogP contribution in [0.5, 0.6) is 0 Å². The summed E-state index contributed by atoms with van der Waals surface area (Å²) in [6, 6.07) is 8.27. The Balaban J connectivity index is 2.05. The van der Waals surface area contributed by atoms with Gasteiger partial charge < -0.3 is 10.6 Å². The van der Waals surface area contributed by atoms with Gasteiger partial charge in [0, 0.05) is 18.5 Å². The number of benzene rings is 1. The Morgan fingerprint density at radius 2 is 2.05 bits per heavy atom. The highest BCUT2D eigenvalue weighted by atomic mass is 15.1. The van der Waals surface area contributed by atoms with Crippen LogP contribution in [0.3, 0.4) is 0 Å². The Morgan fingerprint density at radius 3 is 2.95 bits per heavy atom. The van der Waals surface area contributed by atoms with Gasteiger partial charge in [0.25, 0.3) is 0 Å². The molecule has 1 aromatic heterocycles. The Hall–Kier alpha value is -1.77. The summed E-state index contributed by atoms with van der Waals surface area (Å²) in [5.41, 5.74) is 9.21. The maximum Gasteiger partial charge on any atom is 0.0745 e. The van der Waals surface area contributed by atoms with Crippen LogP contribution in [0.4, 0.5) is 11.4 Å². The molecule has 1 atom stereocenters. The molecular weight excluding hydrogens is 234 g/mol. The lowest BCUT2D eigenvalue weighted by atomic mass is 10.0. The first-order valence-corrected chi connectivity index (χ1v) is 7.14. The number of aromatic nitrogens is 1. The summed E-state index contributed by atoms with van der Waals surface area (Å²) in [7, 11) is 0. The molecule has 0 bridgehead atoms. The normalized spacial score (nSPS) is 20.5. The first-order chi connectivity index (χ1) is 9.25. The lowest BCUT2D eigenvalue weighted by Crippen LogP contribution is -2.25. The van der Waals surface area contributed by atoms with E-state index < -0.39 is 0 Å². The van der Waals surface area contributed by atoms with Crippen molar-refractivity contribution in [3.05, 3.63) is 30.5 Å². The van der Waals surface area contributed by atoms with E-state index in [1.165, 1.54) is 30.3 Å². The third-order valence-corrected chi connectivity index (χ3v) is 4.11. The molecule has 3 heteroatoms. The molecule has 2 aromatic rings. The van der Waals surface area contributed by atoms with E-state index in [1.54, 1.807) is 6.20 Å². The van der Waals surface area contributed by atoms with Crippen LogP contribution in [0.2, 0.25) is 0 Å². The van der Waals surface area contributed by atoms with Gasteiger partial charge >= 0.3 is 0 Å². The van der Waals surface area contributed by atoms with Crippen molar-refractivity contribution < 1.29 is 0 Å². The molecule has 19 heavy (non-hydrogen) atoms. The number of para-hydroxylation sites is 1. The van der Waals surface area contributed by atoms with Crippen molar-refractivity contribution in [1.29, 1.82) is 0 Å². The molecule has 100 valence electrons. The molecule has 2 N–H and O–H groups in total. The molecule has 1 aromatic carbocycles. The van der Waals surface area contributed by atoms with Crippen molar-refractivity contribution in [3.8, 4) is 0 Å². The highest BCUT2D eigenvalue weighted by Gasteiger charge is 2.18. The standard InChI is InChI=1S/C16H21N3/c1-12-5-4-9-19(10-8-12)16-13-6-2-3-7-15(13)18-11-14(16)17/h2-3,6-7,11-12H,4-5,8-10,17H2,1H3.